The molecule has 9 rings (SSSR count). The van der Waals surface area contributed by atoms with E-state index in [-0.39, 0.29) is 0 Å². The van der Waals surface area contributed by atoms with Crippen LogP contribution in [0.2, 0.25) is 0 Å². The molecule has 0 amide bonds. The van der Waals surface area contributed by atoms with Crippen molar-refractivity contribution in [2.75, 3.05) is 0 Å². The van der Waals surface area contributed by atoms with E-state index in [9.17, 15) is 0 Å². The van der Waals surface area contributed by atoms with Gasteiger partial charge < -0.3 is 0 Å². The summed E-state index contributed by atoms with van der Waals surface area (Å²) in [5, 5.41) is 2.54. The van der Waals surface area contributed by atoms with Crippen molar-refractivity contribution in [3.05, 3.63) is 176 Å². The first-order chi connectivity index (χ1) is 24.3. The third-order valence-electron chi connectivity index (χ3n) is 8.89. The van der Waals surface area contributed by atoms with Gasteiger partial charge in [0, 0.05) is 42.4 Å². The maximum absolute atomic E-state index is 5.11. The van der Waals surface area contributed by atoms with Gasteiger partial charge in [0.15, 0.2) is 17.5 Å². The van der Waals surface area contributed by atoms with Crippen molar-refractivity contribution < 1.29 is 0 Å². The Balaban J connectivity index is 1.33. The highest BCUT2D eigenvalue weighted by Gasteiger charge is 2.18. The van der Waals surface area contributed by atoms with Gasteiger partial charge in [0.1, 0.15) is 0 Å². The third kappa shape index (κ3) is 5.58. The molecule has 7 aromatic carbocycles. The van der Waals surface area contributed by atoms with Crippen LogP contribution in [-0.4, -0.2) is 15.0 Å². The Morgan fingerprint density at radius 1 is 0.306 bits per heavy atom. The molecule has 3 nitrogen and oxygen atoms in total. The number of hydrogen-bond donors (Lipinski definition) is 0. The van der Waals surface area contributed by atoms with Crippen LogP contribution in [0.5, 0.6) is 0 Å². The lowest BCUT2D eigenvalue weighted by molar-refractivity contribution is 1.07. The number of aromatic nitrogens is 3. The van der Waals surface area contributed by atoms with E-state index in [1.165, 1.54) is 36.9 Å². The van der Waals surface area contributed by atoms with E-state index in [1.807, 2.05) is 72.0 Å². The quantitative estimate of drug-likeness (QED) is 0.181. The van der Waals surface area contributed by atoms with Crippen molar-refractivity contribution in [1.82, 2.24) is 15.0 Å². The normalized spacial score (nSPS) is 11.3. The molecule has 0 bridgehead atoms. The Bertz CT molecular complexity index is 2520. The Morgan fingerprint density at radius 2 is 0.735 bits per heavy atom. The van der Waals surface area contributed by atoms with Crippen molar-refractivity contribution in [3.8, 4) is 67.5 Å². The number of thiophene rings is 1. The maximum atomic E-state index is 5.11. The molecule has 2 heterocycles. The molecule has 0 saturated carbocycles. The molecule has 0 spiro atoms. The van der Waals surface area contributed by atoms with Gasteiger partial charge in [0.25, 0.3) is 0 Å². The second-order valence-electron chi connectivity index (χ2n) is 12.1. The first kappa shape index (κ1) is 29.0. The van der Waals surface area contributed by atoms with Gasteiger partial charge >= 0.3 is 0 Å². The Labute approximate surface area is 288 Å². The standard InChI is InChI=1S/C45H29N3S/c1-5-15-30(16-6-1)34-25-36(39-28-35(31-17-7-2-8-18-31)29-40-38-23-13-14-24-41(38)49-42(39)40)27-37(26-34)45-47-43(32-19-9-3-10-20-32)46-44(48-45)33-21-11-4-12-22-33/h1-29H. The van der Waals surface area contributed by atoms with Crippen LogP contribution in [0.4, 0.5) is 0 Å². The number of hydrogen-bond acceptors (Lipinski definition) is 4. The van der Waals surface area contributed by atoms with Crippen LogP contribution in [0.1, 0.15) is 0 Å². The molecule has 230 valence electrons. The lowest BCUT2D eigenvalue weighted by Crippen LogP contribution is -2.00. The average molecular weight is 644 g/mol. The van der Waals surface area contributed by atoms with Crippen molar-refractivity contribution in [3.63, 3.8) is 0 Å². The Morgan fingerprint density at radius 3 is 1.31 bits per heavy atom. The minimum atomic E-state index is 0.638. The number of benzene rings is 7. The monoisotopic (exact) mass is 643 g/mol. The van der Waals surface area contributed by atoms with Crippen LogP contribution >= 0.6 is 11.3 Å². The molecule has 9 aromatic rings. The molecule has 49 heavy (non-hydrogen) atoms. The van der Waals surface area contributed by atoms with Crippen LogP contribution in [0.3, 0.4) is 0 Å². The molecule has 0 fully saturated rings. The number of fused-ring (bicyclic) bond motifs is 3. The molecule has 0 aliphatic rings. The van der Waals surface area contributed by atoms with Crippen molar-refractivity contribution in [1.29, 1.82) is 0 Å². The molecule has 0 atom stereocenters. The number of rotatable bonds is 6. The highest BCUT2D eigenvalue weighted by atomic mass is 32.1. The molecule has 0 unspecified atom stereocenters. The fourth-order valence-corrected chi connectivity index (χ4v) is 7.71. The molecule has 0 aliphatic carbocycles. The van der Waals surface area contributed by atoms with Crippen molar-refractivity contribution in [2.24, 2.45) is 0 Å². The summed E-state index contributed by atoms with van der Waals surface area (Å²) >= 11 is 1.85. The van der Waals surface area contributed by atoms with Gasteiger partial charge in [0.05, 0.1) is 0 Å². The van der Waals surface area contributed by atoms with Gasteiger partial charge in [0.2, 0.25) is 0 Å². The predicted molar refractivity (Wildman–Crippen MR) is 205 cm³/mol. The third-order valence-corrected chi connectivity index (χ3v) is 10.1. The minimum Gasteiger partial charge on any atom is -0.208 e. The summed E-state index contributed by atoms with van der Waals surface area (Å²) in [6.45, 7) is 0. The number of nitrogens with zero attached hydrogens (tertiary/aromatic N) is 3. The molecular weight excluding hydrogens is 615 g/mol. The lowest BCUT2D eigenvalue weighted by Gasteiger charge is -2.14. The predicted octanol–water partition coefficient (Wildman–Crippen LogP) is 12.2. The van der Waals surface area contributed by atoms with Gasteiger partial charge in [-0.3, -0.25) is 0 Å². The van der Waals surface area contributed by atoms with E-state index < -0.39 is 0 Å². The highest BCUT2D eigenvalue weighted by Crippen LogP contribution is 2.44. The zero-order chi connectivity index (χ0) is 32.6. The van der Waals surface area contributed by atoms with Crippen molar-refractivity contribution >= 4 is 31.5 Å². The maximum Gasteiger partial charge on any atom is 0.164 e. The molecular formula is C45H29N3S. The van der Waals surface area contributed by atoms with Crippen LogP contribution in [0, 0.1) is 0 Å². The zero-order valence-corrected chi connectivity index (χ0v) is 27.3. The lowest BCUT2D eigenvalue weighted by atomic mass is 9.92. The summed E-state index contributed by atoms with van der Waals surface area (Å²) in [6, 6.07) is 61.7. The molecule has 2 aromatic heterocycles. The van der Waals surface area contributed by atoms with Crippen LogP contribution in [0.25, 0.3) is 87.7 Å². The molecule has 0 radical (unpaired) electrons. The molecule has 0 saturated heterocycles. The van der Waals surface area contributed by atoms with Gasteiger partial charge in [-0.2, -0.15) is 0 Å². The molecule has 0 aliphatic heterocycles. The van der Waals surface area contributed by atoms with Gasteiger partial charge in [-0.05, 0) is 64.2 Å². The summed E-state index contributed by atoms with van der Waals surface area (Å²) in [7, 11) is 0. The van der Waals surface area contributed by atoms with E-state index >= 15 is 0 Å². The summed E-state index contributed by atoms with van der Waals surface area (Å²) < 4.78 is 2.54. The largest absolute Gasteiger partial charge is 0.208 e. The van der Waals surface area contributed by atoms with E-state index in [0.29, 0.717) is 17.5 Å². The van der Waals surface area contributed by atoms with Gasteiger partial charge in [-0.15, -0.1) is 11.3 Å². The second kappa shape index (κ2) is 12.4. The highest BCUT2D eigenvalue weighted by molar-refractivity contribution is 7.26. The SMILES string of the molecule is c1ccc(-c2cc(-c3nc(-c4ccccc4)nc(-c4ccccc4)n3)cc(-c3cc(-c4ccccc4)cc4c3sc3ccccc34)c2)cc1. The smallest absolute Gasteiger partial charge is 0.164 e. The summed E-state index contributed by atoms with van der Waals surface area (Å²) in [5.41, 5.74) is 9.77. The van der Waals surface area contributed by atoms with Crippen LogP contribution in [0.15, 0.2) is 176 Å². The van der Waals surface area contributed by atoms with Crippen molar-refractivity contribution in [2.45, 2.75) is 0 Å². The van der Waals surface area contributed by atoms with E-state index in [2.05, 4.69) is 115 Å². The zero-order valence-electron chi connectivity index (χ0n) is 26.5. The van der Waals surface area contributed by atoms with E-state index in [1.54, 1.807) is 0 Å². The van der Waals surface area contributed by atoms with Crippen LogP contribution in [-0.2, 0) is 0 Å². The second-order valence-corrected chi connectivity index (χ2v) is 13.1. The van der Waals surface area contributed by atoms with E-state index in [4.69, 9.17) is 15.0 Å². The summed E-state index contributed by atoms with van der Waals surface area (Å²) in [6.07, 6.45) is 0. The summed E-state index contributed by atoms with van der Waals surface area (Å²) in [5.74, 6) is 1.93. The topological polar surface area (TPSA) is 38.7 Å². The average Bonchev–Trinajstić information content (AvgIpc) is 3.57. The first-order valence-electron chi connectivity index (χ1n) is 16.4. The first-order valence-corrected chi connectivity index (χ1v) is 17.2. The van der Waals surface area contributed by atoms with Gasteiger partial charge in [-0.25, -0.2) is 15.0 Å². The molecule has 0 N–H and O–H groups in total. The summed E-state index contributed by atoms with van der Waals surface area (Å²) in [4.78, 5) is 15.2. The van der Waals surface area contributed by atoms with Crippen LogP contribution < -0.4 is 0 Å². The van der Waals surface area contributed by atoms with Gasteiger partial charge in [-0.1, -0.05) is 140 Å². The fourth-order valence-electron chi connectivity index (χ4n) is 6.49. The van der Waals surface area contributed by atoms with E-state index in [0.717, 1.165) is 33.4 Å². The fraction of sp³-hybridized carbons (Fsp3) is 0. The Hall–Kier alpha value is -6.23. The minimum absolute atomic E-state index is 0.638. The molecule has 4 heteroatoms. The Kier molecular flexibility index (Phi) is 7.34.